The van der Waals surface area contributed by atoms with Gasteiger partial charge in [0.25, 0.3) is 0 Å². The summed E-state index contributed by atoms with van der Waals surface area (Å²) in [6.07, 6.45) is 0.444. The molecule has 0 fully saturated rings. The van der Waals surface area contributed by atoms with Gasteiger partial charge in [0.1, 0.15) is 0 Å². The summed E-state index contributed by atoms with van der Waals surface area (Å²) in [4.78, 5) is 9.59. The smallest absolute Gasteiger partial charge is 0.217 e. The second-order valence-electron chi connectivity index (χ2n) is 3.17. The van der Waals surface area contributed by atoms with Gasteiger partial charge < -0.3 is 5.73 Å². The van der Waals surface area contributed by atoms with Gasteiger partial charge in [-0.15, -0.1) is 0 Å². The molecule has 0 aliphatic heterocycles. The van der Waals surface area contributed by atoms with Crippen molar-refractivity contribution in [3.8, 4) is 0 Å². The molecule has 0 radical (unpaired) electrons. The van der Waals surface area contributed by atoms with E-state index in [1.807, 2.05) is 0 Å². The van der Waals surface area contributed by atoms with Crippen molar-refractivity contribution in [3.05, 3.63) is 48.5 Å². The highest BCUT2D eigenvalue weighted by Gasteiger charge is 1.85. The summed E-state index contributed by atoms with van der Waals surface area (Å²) < 4.78 is 0. The first kappa shape index (κ1) is 11.2. The number of amides is 1. The predicted molar refractivity (Wildman–Crippen MR) is 63.4 cm³/mol. The summed E-state index contributed by atoms with van der Waals surface area (Å²) in [6.45, 7) is 1.72. The summed E-state index contributed by atoms with van der Waals surface area (Å²) in [5.41, 5.74) is 4.65. The van der Waals surface area contributed by atoms with Gasteiger partial charge in [-0.2, -0.15) is 0 Å². The highest BCUT2D eigenvalue weighted by Crippen LogP contribution is 2.11. The molecule has 2 aromatic carbocycles. The maximum Gasteiger partial charge on any atom is 0.217 e. The second-order valence-corrected chi connectivity index (χ2v) is 3.17. The Balaban J connectivity index is 0.000000195. The third kappa shape index (κ3) is 3.81. The van der Waals surface area contributed by atoms with Crippen LogP contribution in [-0.4, -0.2) is 5.91 Å². The SMILES string of the molecule is CCC(N)=O.c1ccc2ccccc2c1. The van der Waals surface area contributed by atoms with Crippen LogP contribution in [0.5, 0.6) is 0 Å². The number of carbonyl (C=O) groups is 1. The first-order valence-electron chi connectivity index (χ1n) is 4.96. The van der Waals surface area contributed by atoms with Gasteiger partial charge in [-0.1, -0.05) is 55.5 Å². The molecule has 1 amide bonds. The molecular formula is C13H15NO. The van der Waals surface area contributed by atoms with Crippen LogP contribution in [0, 0.1) is 0 Å². The summed E-state index contributed by atoms with van der Waals surface area (Å²) in [5.74, 6) is -0.245. The van der Waals surface area contributed by atoms with Gasteiger partial charge in [-0.3, -0.25) is 4.79 Å². The van der Waals surface area contributed by atoms with Crippen molar-refractivity contribution in [2.45, 2.75) is 13.3 Å². The van der Waals surface area contributed by atoms with Crippen LogP contribution in [0.15, 0.2) is 48.5 Å². The average molecular weight is 201 g/mol. The molecule has 0 aliphatic carbocycles. The van der Waals surface area contributed by atoms with Crippen LogP contribution in [0.4, 0.5) is 0 Å². The van der Waals surface area contributed by atoms with Crippen molar-refractivity contribution >= 4 is 16.7 Å². The van der Waals surface area contributed by atoms with E-state index < -0.39 is 0 Å². The lowest BCUT2D eigenvalue weighted by atomic mass is 10.1. The molecule has 0 aromatic heterocycles. The summed E-state index contributed by atoms with van der Waals surface area (Å²) in [5, 5.41) is 2.62. The van der Waals surface area contributed by atoms with Gasteiger partial charge >= 0.3 is 0 Å². The topological polar surface area (TPSA) is 43.1 Å². The Hall–Kier alpha value is -1.83. The van der Waals surface area contributed by atoms with E-state index in [2.05, 4.69) is 54.3 Å². The van der Waals surface area contributed by atoms with Crippen molar-refractivity contribution in [1.82, 2.24) is 0 Å². The van der Waals surface area contributed by atoms with Crippen molar-refractivity contribution in [1.29, 1.82) is 0 Å². The Bertz CT molecular complexity index is 372. The molecule has 0 heterocycles. The zero-order valence-corrected chi connectivity index (χ0v) is 8.81. The molecule has 0 atom stereocenters. The monoisotopic (exact) mass is 201 g/mol. The van der Waals surface area contributed by atoms with Crippen LogP contribution >= 0.6 is 0 Å². The van der Waals surface area contributed by atoms with Crippen molar-refractivity contribution in [2.24, 2.45) is 5.73 Å². The maximum absolute atomic E-state index is 9.59. The molecule has 0 unspecified atom stereocenters. The molecule has 0 saturated carbocycles. The Labute approximate surface area is 89.7 Å². The summed E-state index contributed by atoms with van der Waals surface area (Å²) in [7, 11) is 0. The quantitative estimate of drug-likeness (QED) is 0.757. The first-order chi connectivity index (χ1) is 7.24. The molecule has 78 valence electrons. The Kier molecular flexibility index (Phi) is 4.35. The molecule has 0 bridgehead atoms. The third-order valence-electron chi connectivity index (χ3n) is 2.01. The summed E-state index contributed by atoms with van der Waals surface area (Å²) in [6, 6.07) is 16.7. The van der Waals surface area contributed by atoms with Gasteiger partial charge in [-0.25, -0.2) is 0 Å². The van der Waals surface area contributed by atoms with E-state index in [1.165, 1.54) is 10.8 Å². The van der Waals surface area contributed by atoms with Crippen LogP contribution < -0.4 is 5.73 Å². The molecule has 2 heteroatoms. The minimum Gasteiger partial charge on any atom is -0.370 e. The minimum absolute atomic E-state index is 0.245. The molecule has 0 saturated heterocycles. The number of hydrogen-bond acceptors (Lipinski definition) is 1. The molecule has 0 spiro atoms. The van der Waals surface area contributed by atoms with Crippen molar-refractivity contribution in [3.63, 3.8) is 0 Å². The van der Waals surface area contributed by atoms with Crippen molar-refractivity contribution in [2.75, 3.05) is 0 Å². The van der Waals surface area contributed by atoms with Gasteiger partial charge in [-0.05, 0) is 10.8 Å². The molecule has 0 aliphatic rings. The Morgan fingerprint density at radius 2 is 1.27 bits per heavy atom. The number of primary amides is 1. The fourth-order valence-electron chi connectivity index (χ4n) is 1.13. The van der Waals surface area contributed by atoms with Crippen LogP contribution in [-0.2, 0) is 4.79 Å². The standard InChI is InChI=1S/C10H8.C3H7NO/c1-2-6-10-8-4-3-7-9(10)5-1;1-2-3(4)5/h1-8H;2H2,1H3,(H2,4,5). The van der Waals surface area contributed by atoms with E-state index >= 15 is 0 Å². The Morgan fingerprint density at radius 1 is 1.00 bits per heavy atom. The molecule has 2 aromatic rings. The average Bonchev–Trinajstić information content (AvgIpc) is 2.30. The zero-order valence-electron chi connectivity index (χ0n) is 8.81. The highest BCUT2D eigenvalue weighted by molar-refractivity contribution is 5.82. The third-order valence-corrected chi connectivity index (χ3v) is 2.01. The number of fused-ring (bicyclic) bond motifs is 1. The second kappa shape index (κ2) is 5.81. The number of hydrogen-bond donors (Lipinski definition) is 1. The molecule has 2 nitrogen and oxygen atoms in total. The fourth-order valence-corrected chi connectivity index (χ4v) is 1.13. The lowest BCUT2D eigenvalue weighted by Crippen LogP contribution is -2.06. The minimum atomic E-state index is -0.245. The zero-order chi connectivity index (χ0) is 11.1. The molecular weight excluding hydrogens is 186 g/mol. The number of benzene rings is 2. The largest absolute Gasteiger partial charge is 0.370 e. The van der Waals surface area contributed by atoms with Crippen LogP contribution in [0.25, 0.3) is 10.8 Å². The van der Waals surface area contributed by atoms with E-state index in [0.29, 0.717) is 6.42 Å². The van der Waals surface area contributed by atoms with Crippen LogP contribution in [0.2, 0.25) is 0 Å². The van der Waals surface area contributed by atoms with Gasteiger partial charge in [0.15, 0.2) is 0 Å². The number of rotatable bonds is 1. The van der Waals surface area contributed by atoms with E-state index in [-0.39, 0.29) is 5.91 Å². The Morgan fingerprint density at radius 3 is 1.47 bits per heavy atom. The molecule has 2 N–H and O–H groups in total. The van der Waals surface area contributed by atoms with Gasteiger partial charge in [0.2, 0.25) is 5.91 Å². The van der Waals surface area contributed by atoms with Crippen LogP contribution in [0.3, 0.4) is 0 Å². The summed E-state index contributed by atoms with van der Waals surface area (Å²) >= 11 is 0. The maximum atomic E-state index is 9.59. The first-order valence-corrected chi connectivity index (χ1v) is 4.96. The molecule has 15 heavy (non-hydrogen) atoms. The van der Waals surface area contributed by atoms with Gasteiger partial charge in [0.05, 0.1) is 0 Å². The fraction of sp³-hybridized carbons (Fsp3) is 0.154. The predicted octanol–water partition coefficient (Wildman–Crippen LogP) is 2.72. The highest BCUT2D eigenvalue weighted by atomic mass is 16.1. The number of carbonyl (C=O) groups excluding carboxylic acids is 1. The van der Waals surface area contributed by atoms with E-state index in [9.17, 15) is 4.79 Å². The van der Waals surface area contributed by atoms with E-state index in [0.717, 1.165) is 0 Å². The molecule has 2 rings (SSSR count). The lowest BCUT2D eigenvalue weighted by molar-refractivity contribution is -0.117. The lowest BCUT2D eigenvalue weighted by Gasteiger charge is -1.92. The van der Waals surface area contributed by atoms with E-state index in [1.54, 1.807) is 6.92 Å². The van der Waals surface area contributed by atoms with E-state index in [4.69, 9.17) is 0 Å². The number of nitrogens with two attached hydrogens (primary N) is 1. The van der Waals surface area contributed by atoms with Crippen molar-refractivity contribution < 1.29 is 4.79 Å². The van der Waals surface area contributed by atoms with Crippen LogP contribution in [0.1, 0.15) is 13.3 Å². The normalized spacial score (nSPS) is 9.13. The van der Waals surface area contributed by atoms with Gasteiger partial charge in [0, 0.05) is 6.42 Å².